The van der Waals surface area contributed by atoms with Gasteiger partial charge in [0, 0.05) is 13.1 Å². The van der Waals surface area contributed by atoms with E-state index in [0.29, 0.717) is 13.1 Å². The van der Waals surface area contributed by atoms with Crippen LogP contribution in [-0.2, 0) is 29.1 Å². The molecule has 1 aliphatic rings. The number of morpholine rings is 1. The molecule has 0 radical (unpaired) electrons. The number of nitrogens with zero attached hydrogens (tertiary/aromatic N) is 1. The van der Waals surface area contributed by atoms with E-state index in [2.05, 4.69) is 4.72 Å². The first-order valence-electron chi connectivity index (χ1n) is 9.68. The Morgan fingerprint density at radius 1 is 1.17 bits per heavy atom. The molecule has 2 unspecified atom stereocenters. The highest BCUT2D eigenvalue weighted by Crippen LogP contribution is 2.14. The van der Waals surface area contributed by atoms with E-state index in [0.717, 1.165) is 5.56 Å². The lowest BCUT2D eigenvalue weighted by Gasteiger charge is -2.35. The number of amides is 1. The summed E-state index contributed by atoms with van der Waals surface area (Å²) < 4.78 is 38.4. The first kappa shape index (κ1) is 23.3. The van der Waals surface area contributed by atoms with Crippen LogP contribution in [0.1, 0.15) is 33.3 Å². The summed E-state index contributed by atoms with van der Waals surface area (Å²) in [5.41, 5.74) is 0.925. The van der Waals surface area contributed by atoms with E-state index in [1.807, 2.05) is 20.8 Å². The quantitative estimate of drug-likeness (QED) is 0.663. The molecule has 1 saturated heterocycles. The van der Waals surface area contributed by atoms with E-state index in [1.165, 1.54) is 12.1 Å². The molecule has 0 bridgehead atoms. The maximum Gasteiger partial charge on any atom is 0.324 e. The molecule has 2 rings (SSSR count). The van der Waals surface area contributed by atoms with Gasteiger partial charge in [0.1, 0.15) is 6.04 Å². The fourth-order valence-electron chi connectivity index (χ4n) is 3.10. The summed E-state index contributed by atoms with van der Waals surface area (Å²) in [5, 5.41) is 0. The molecule has 0 saturated carbocycles. The van der Waals surface area contributed by atoms with Gasteiger partial charge in [0.05, 0.1) is 17.1 Å². The van der Waals surface area contributed by atoms with Crippen LogP contribution in [-0.4, -0.2) is 63.1 Å². The van der Waals surface area contributed by atoms with E-state index in [9.17, 15) is 18.0 Å². The molecule has 1 N–H and O–H groups in total. The average Bonchev–Trinajstić information content (AvgIpc) is 2.63. The number of sulfonamides is 1. The molecule has 1 aromatic rings. The van der Waals surface area contributed by atoms with Crippen molar-refractivity contribution in [1.29, 1.82) is 0 Å². The maximum absolute atomic E-state index is 12.6. The number of carbonyl (C=O) groups is 2. The van der Waals surface area contributed by atoms with Crippen LogP contribution in [0.2, 0.25) is 0 Å². The first-order chi connectivity index (χ1) is 13.5. The first-order valence-corrected chi connectivity index (χ1v) is 11.2. The highest BCUT2D eigenvalue weighted by molar-refractivity contribution is 7.89. The zero-order valence-corrected chi connectivity index (χ0v) is 18.4. The minimum Gasteiger partial charge on any atom is -0.454 e. The zero-order chi connectivity index (χ0) is 21.8. The standard InChI is InChI=1S/C20H30N2O6S/c1-13(2)19(21-29(25,26)17-8-6-14(3)7-9-17)20(24)27-12-18(23)22-10-15(4)28-16(5)11-22/h6-9,13,15-16,19,21H,10-12H2,1-5H3/t15?,16?,19-/m0/s1. The second kappa shape index (κ2) is 9.69. The van der Waals surface area contributed by atoms with E-state index in [-0.39, 0.29) is 28.9 Å². The maximum atomic E-state index is 12.6. The molecule has 8 nitrogen and oxygen atoms in total. The van der Waals surface area contributed by atoms with E-state index < -0.39 is 28.6 Å². The Bertz CT molecular complexity index is 812. The Kier molecular flexibility index (Phi) is 7.79. The Hall–Kier alpha value is -1.97. The molecule has 0 aliphatic carbocycles. The van der Waals surface area contributed by atoms with Crippen LogP contribution < -0.4 is 4.72 Å². The van der Waals surface area contributed by atoms with Crippen molar-refractivity contribution in [1.82, 2.24) is 9.62 Å². The number of esters is 1. The van der Waals surface area contributed by atoms with Gasteiger partial charge in [0.25, 0.3) is 5.91 Å². The summed E-state index contributed by atoms with van der Waals surface area (Å²) in [6.07, 6.45) is -0.189. The largest absolute Gasteiger partial charge is 0.454 e. The average molecular weight is 427 g/mol. The molecule has 162 valence electrons. The van der Waals surface area contributed by atoms with E-state index in [4.69, 9.17) is 9.47 Å². The van der Waals surface area contributed by atoms with Gasteiger partial charge in [0.2, 0.25) is 10.0 Å². The molecule has 9 heteroatoms. The van der Waals surface area contributed by atoms with Gasteiger partial charge in [0.15, 0.2) is 6.61 Å². The number of carbonyl (C=O) groups excluding carboxylic acids is 2. The molecule has 0 aromatic heterocycles. The minimum absolute atomic E-state index is 0.0638. The SMILES string of the molecule is Cc1ccc(S(=O)(=O)N[C@H](C(=O)OCC(=O)N2CC(C)OC(C)C2)C(C)C)cc1. The third-order valence-corrected chi connectivity index (χ3v) is 6.10. The van der Waals surface area contributed by atoms with Crippen molar-refractivity contribution in [3.63, 3.8) is 0 Å². The number of hydrogen-bond acceptors (Lipinski definition) is 6. The fourth-order valence-corrected chi connectivity index (χ4v) is 4.44. The highest BCUT2D eigenvalue weighted by atomic mass is 32.2. The van der Waals surface area contributed by atoms with Gasteiger partial charge in [-0.1, -0.05) is 31.5 Å². The summed E-state index contributed by atoms with van der Waals surface area (Å²) >= 11 is 0. The second-order valence-electron chi connectivity index (χ2n) is 7.82. The van der Waals surface area contributed by atoms with Crippen molar-refractivity contribution in [2.45, 2.75) is 57.8 Å². The Morgan fingerprint density at radius 3 is 2.24 bits per heavy atom. The number of nitrogens with one attached hydrogen (secondary N) is 1. The van der Waals surface area contributed by atoms with Gasteiger partial charge in [-0.2, -0.15) is 4.72 Å². The predicted molar refractivity (Wildman–Crippen MR) is 108 cm³/mol. The van der Waals surface area contributed by atoms with Crippen LogP contribution in [0.15, 0.2) is 29.2 Å². The summed E-state index contributed by atoms with van der Waals surface area (Å²) in [7, 11) is -3.90. The van der Waals surface area contributed by atoms with Crippen molar-refractivity contribution in [2.75, 3.05) is 19.7 Å². The lowest BCUT2D eigenvalue weighted by Crippen LogP contribution is -2.50. The Balaban J connectivity index is 2.00. The van der Waals surface area contributed by atoms with Crippen molar-refractivity contribution in [3.8, 4) is 0 Å². The van der Waals surface area contributed by atoms with Crippen molar-refractivity contribution < 1.29 is 27.5 Å². The molecule has 1 fully saturated rings. The van der Waals surface area contributed by atoms with Gasteiger partial charge in [-0.3, -0.25) is 9.59 Å². The van der Waals surface area contributed by atoms with Gasteiger partial charge in [-0.05, 0) is 38.8 Å². The number of hydrogen-bond donors (Lipinski definition) is 1. The fraction of sp³-hybridized carbons (Fsp3) is 0.600. The van der Waals surface area contributed by atoms with Crippen LogP contribution in [0.25, 0.3) is 0 Å². The molecule has 3 atom stereocenters. The summed E-state index contributed by atoms with van der Waals surface area (Å²) in [5.74, 6) is -1.47. The number of aryl methyl sites for hydroxylation is 1. The lowest BCUT2D eigenvalue weighted by molar-refractivity contribution is -0.158. The molecule has 1 amide bonds. The molecular formula is C20H30N2O6S. The van der Waals surface area contributed by atoms with Crippen molar-refractivity contribution in [2.24, 2.45) is 5.92 Å². The third-order valence-electron chi connectivity index (χ3n) is 4.64. The highest BCUT2D eigenvalue weighted by Gasteiger charge is 2.31. The van der Waals surface area contributed by atoms with Crippen molar-refractivity contribution >= 4 is 21.9 Å². The van der Waals surface area contributed by atoms with Crippen LogP contribution in [0.4, 0.5) is 0 Å². The zero-order valence-electron chi connectivity index (χ0n) is 17.5. The summed E-state index contributed by atoms with van der Waals surface area (Å²) in [6, 6.07) is 5.21. The third kappa shape index (κ3) is 6.52. The minimum atomic E-state index is -3.90. The van der Waals surface area contributed by atoms with Crippen molar-refractivity contribution in [3.05, 3.63) is 29.8 Å². The predicted octanol–water partition coefficient (Wildman–Crippen LogP) is 1.48. The van der Waals surface area contributed by atoms with Gasteiger partial charge < -0.3 is 14.4 Å². The van der Waals surface area contributed by atoms with E-state index >= 15 is 0 Å². The molecule has 29 heavy (non-hydrogen) atoms. The Morgan fingerprint density at radius 2 is 1.72 bits per heavy atom. The van der Waals surface area contributed by atoms with Crippen LogP contribution in [0.5, 0.6) is 0 Å². The smallest absolute Gasteiger partial charge is 0.324 e. The topological polar surface area (TPSA) is 102 Å². The molecule has 1 aromatic carbocycles. The Labute approximate surface area is 172 Å². The normalized spacial score (nSPS) is 21.1. The van der Waals surface area contributed by atoms with E-state index in [1.54, 1.807) is 30.9 Å². The summed E-state index contributed by atoms with van der Waals surface area (Å²) in [4.78, 5) is 26.6. The second-order valence-corrected chi connectivity index (χ2v) is 9.53. The van der Waals surface area contributed by atoms with Crippen LogP contribution in [0, 0.1) is 12.8 Å². The monoisotopic (exact) mass is 426 g/mol. The number of rotatable bonds is 7. The molecule has 1 heterocycles. The lowest BCUT2D eigenvalue weighted by atomic mass is 10.1. The van der Waals surface area contributed by atoms with Gasteiger partial charge >= 0.3 is 5.97 Å². The summed E-state index contributed by atoms with van der Waals surface area (Å²) in [6.45, 7) is 9.42. The number of ether oxygens (including phenoxy) is 2. The van der Waals surface area contributed by atoms with Gasteiger partial charge in [-0.25, -0.2) is 8.42 Å². The van der Waals surface area contributed by atoms with Crippen LogP contribution in [0.3, 0.4) is 0 Å². The molecule has 1 aliphatic heterocycles. The van der Waals surface area contributed by atoms with Gasteiger partial charge in [-0.15, -0.1) is 0 Å². The molecule has 0 spiro atoms. The van der Waals surface area contributed by atoms with Crippen LogP contribution >= 0.6 is 0 Å². The molecular weight excluding hydrogens is 396 g/mol. The number of benzene rings is 1.